The van der Waals surface area contributed by atoms with Gasteiger partial charge in [0, 0.05) is 0 Å². The monoisotopic (exact) mass is 286 g/mol. The molecule has 3 fully saturated rings. The largest absolute Gasteiger partial charge is 0.449 e. The van der Waals surface area contributed by atoms with Gasteiger partial charge in [-0.25, -0.2) is 0 Å². The second-order valence-corrected chi connectivity index (χ2v) is 6.15. The van der Waals surface area contributed by atoms with E-state index in [1.807, 2.05) is 6.92 Å². The van der Waals surface area contributed by atoms with Crippen LogP contribution in [0.1, 0.15) is 20.3 Å². The van der Waals surface area contributed by atoms with Gasteiger partial charge in [-0.15, -0.1) is 0 Å². The summed E-state index contributed by atoms with van der Waals surface area (Å²) in [5, 5.41) is 9.40. The molecule has 0 amide bonds. The third-order valence-corrected chi connectivity index (χ3v) is 5.52. The van der Waals surface area contributed by atoms with E-state index in [9.17, 15) is 27.1 Å². The van der Waals surface area contributed by atoms with Crippen LogP contribution in [0.15, 0.2) is 0 Å². The average Bonchev–Trinajstić information content (AvgIpc) is 2.81. The first kappa shape index (κ1) is 13.5. The lowest BCUT2D eigenvalue weighted by atomic mass is 9.72. The maximum atomic E-state index is 14.1. The van der Waals surface area contributed by atoms with Crippen LogP contribution in [0.25, 0.3) is 0 Å². The maximum Gasteiger partial charge on any atom is 0.449 e. The quantitative estimate of drug-likeness (QED) is 0.694. The Balaban J connectivity index is 2.03. The fourth-order valence-electron chi connectivity index (χ4n) is 4.33. The zero-order valence-electron chi connectivity index (χ0n) is 10.4. The summed E-state index contributed by atoms with van der Waals surface area (Å²) in [4.78, 5) is 0. The average molecular weight is 286 g/mol. The molecule has 0 aromatic heterocycles. The van der Waals surface area contributed by atoms with Crippen molar-refractivity contribution in [3.63, 3.8) is 0 Å². The van der Waals surface area contributed by atoms with Gasteiger partial charge in [-0.3, -0.25) is 0 Å². The van der Waals surface area contributed by atoms with Crippen LogP contribution in [0.4, 0.5) is 22.0 Å². The Labute approximate surface area is 106 Å². The van der Waals surface area contributed by atoms with Gasteiger partial charge in [0.15, 0.2) is 0 Å². The Bertz CT molecular complexity index is 409. The first-order valence-corrected chi connectivity index (χ1v) is 6.37. The normalized spacial score (nSPS) is 55.6. The number of ether oxygens (including phenoxy) is 1. The molecule has 7 unspecified atom stereocenters. The van der Waals surface area contributed by atoms with Crippen molar-refractivity contribution in [1.82, 2.24) is 0 Å². The van der Waals surface area contributed by atoms with Gasteiger partial charge in [-0.05, 0) is 30.1 Å². The third-order valence-electron chi connectivity index (χ3n) is 5.52. The number of fused-ring (bicyclic) bond motifs is 5. The first-order chi connectivity index (χ1) is 8.52. The maximum absolute atomic E-state index is 14.1. The molecule has 0 spiro atoms. The van der Waals surface area contributed by atoms with Crippen molar-refractivity contribution in [2.75, 3.05) is 0 Å². The van der Waals surface area contributed by atoms with Crippen molar-refractivity contribution in [2.24, 2.45) is 29.6 Å². The van der Waals surface area contributed by atoms with E-state index in [1.54, 1.807) is 6.92 Å². The van der Waals surface area contributed by atoms with Gasteiger partial charge < -0.3 is 9.84 Å². The van der Waals surface area contributed by atoms with Gasteiger partial charge in [-0.1, -0.05) is 13.8 Å². The van der Waals surface area contributed by atoms with Crippen LogP contribution in [0.2, 0.25) is 0 Å². The van der Waals surface area contributed by atoms with Crippen molar-refractivity contribution in [3.05, 3.63) is 0 Å². The molecule has 110 valence electrons. The van der Waals surface area contributed by atoms with Crippen LogP contribution >= 0.6 is 0 Å². The number of aliphatic hydroxyl groups is 1. The standard InChI is InChI=1S/C12H15F5O2/c1-4-5(2)7-3-6(4)8-9(7)19-11(18,10(8,13)14)12(15,16)17/h4-9,18H,3H2,1-2H3. The van der Waals surface area contributed by atoms with Gasteiger partial charge in [0.25, 0.3) is 0 Å². The van der Waals surface area contributed by atoms with E-state index in [2.05, 4.69) is 4.74 Å². The van der Waals surface area contributed by atoms with E-state index in [0.29, 0.717) is 6.42 Å². The van der Waals surface area contributed by atoms with E-state index in [-0.39, 0.29) is 17.8 Å². The minimum Gasteiger partial charge on any atom is -0.354 e. The lowest BCUT2D eigenvalue weighted by Crippen LogP contribution is -2.58. The smallest absolute Gasteiger partial charge is 0.354 e. The Morgan fingerprint density at radius 2 is 1.63 bits per heavy atom. The SMILES string of the molecule is CC1C(C)C2CC1C1OC(O)(C(F)(F)F)C(F)(F)C21. The van der Waals surface area contributed by atoms with Crippen LogP contribution in [0, 0.1) is 29.6 Å². The Hall–Kier alpha value is -0.430. The van der Waals surface area contributed by atoms with Gasteiger partial charge >= 0.3 is 17.9 Å². The molecule has 1 N–H and O–H groups in total. The molecule has 7 heteroatoms. The molecule has 19 heavy (non-hydrogen) atoms. The van der Waals surface area contributed by atoms with E-state index < -0.39 is 35.8 Å². The molecule has 2 saturated carbocycles. The molecule has 3 rings (SSSR count). The zero-order valence-corrected chi connectivity index (χ0v) is 10.4. The fourth-order valence-corrected chi connectivity index (χ4v) is 4.33. The number of hydrogen-bond acceptors (Lipinski definition) is 2. The van der Waals surface area contributed by atoms with Crippen molar-refractivity contribution in [1.29, 1.82) is 0 Å². The summed E-state index contributed by atoms with van der Waals surface area (Å²) in [6.07, 6.45) is -6.23. The van der Waals surface area contributed by atoms with E-state index in [4.69, 9.17) is 0 Å². The predicted octanol–water partition coefficient (Wildman–Crippen LogP) is 2.81. The highest BCUT2D eigenvalue weighted by Gasteiger charge is 2.83. The Morgan fingerprint density at radius 3 is 2.16 bits per heavy atom. The summed E-state index contributed by atoms with van der Waals surface area (Å²) < 4.78 is 71.0. The fraction of sp³-hybridized carbons (Fsp3) is 1.00. The molecule has 1 saturated heterocycles. The number of alkyl halides is 5. The lowest BCUT2D eigenvalue weighted by Gasteiger charge is -2.35. The predicted molar refractivity (Wildman–Crippen MR) is 54.2 cm³/mol. The van der Waals surface area contributed by atoms with Crippen LogP contribution in [-0.2, 0) is 4.74 Å². The highest BCUT2D eigenvalue weighted by Crippen LogP contribution is 2.67. The molecule has 7 atom stereocenters. The first-order valence-electron chi connectivity index (χ1n) is 6.37. The molecular weight excluding hydrogens is 271 g/mol. The summed E-state index contributed by atoms with van der Waals surface area (Å²) in [6, 6.07) is 0. The highest BCUT2D eigenvalue weighted by molar-refractivity contribution is 5.16. The second kappa shape index (κ2) is 3.42. The number of halogens is 5. The van der Waals surface area contributed by atoms with Gasteiger partial charge in [0.1, 0.15) is 0 Å². The van der Waals surface area contributed by atoms with Crippen molar-refractivity contribution in [2.45, 2.75) is 44.3 Å². The second-order valence-electron chi connectivity index (χ2n) is 6.15. The molecule has 1 heterocycles. The zero-order chi connectivity index (χ0) is 14.4. The van der Waals surface area contributed by atoms with Crippen molar-refractivity contribution >= 4 is 0 Å². The lowest BCUT2D eigenvalue weighted by molar-refractivity contribution is -0.411. The summed E-state index contributed by atoms with van der Waals surface area (Å²) in [7, 11) is 0. The Kier molecular flexibility index (Phi) is 2.44. The van der Waals surface area contributed by atoms with Gasteiger partial charge in [0.2, 0.25) is 0 Å². The highest BCUT2D eigenvalue weighted by atomic mass is 19.4. The molecule has 0 radical (unpaired) electrons. The summed E-state index contributed by atoms with van der Waals surface area (Å²) >= 11 is 0. The summed E-state index contributed by atoms with van der Waals surface area (Å²) in [5.74, 6) is -11.0. The summed E-state index contributed by atoms with van der Waals surface area (Å²) in [5.41, 5.74) is 0. The van der Waals surface area contributed by atoms with E-state index in [1.165, 1.54) is 0 Å². The van der Waals surface area contributed by atoms with Crippen molar-refractivity contribution in [3.8, 4) is 0 Å². The molecular formula is C12H15F5O2. The molecule has 2 aliphatic carbocycles. The molecule has 2 nitrogen and oxygen atoms in total. The molecule has 2 bridgehead atoms. The summed E-state index contributed by atoms with van der Waals surface area (Å²) in [6.45, 7) is 3.63. The van der Waals surface area contributed by atoms with Gasteiger partial charge in [0.05, 0.1) is 12.0 Å². The molecule has 0 aromatic carbocycles. The van der Waals surface area contributed by atoms with Crippen LogP contribution < -0.4 is 0 Å². The van der Waals surface area contributed by atoms with Crippen LogP contribution in [0.5, 0.6) is 0 Å². The molecule has 0 aromatic rings. The third kappa shape index (κ3) is 1.33. The van der Waals surface area contributed by atoms with E-state index >= 15 is 0 Å². The van der Waals surface area contributed by atoms with Gasteiger partial charge in [-0.2, -0.15) is 22.0 Å². The number of hydrogen-bond donors (Lipinski definition) is 1. The van der Waals surface area contributed by atoms with Crippen LogP contribution in [-0.4, -0.2) is 29.1 Å². The van der Waals surface area contributed by atoms with Crippen LogP contribution in [0.3, 0.4) is 0 Å². The number of rotatable bonds is 0. The van der Waals surface area contributed by atoms with E-state index in [0.717, 1.165) is 0 Å². The minimum absolute atomic E-state index is 0.0395. The minimum atomic E-state index is -5.49. The van der Waals surface area contributed by atoms with Crippen molar-refractivity contribution < 1.29 is 31.8 Å². The molecule has 3 aliphatic rings. The Morgan fingerprint density at radius 1 is 1.11 bits per heavy atom. The molecule has 1 aliphatic heterocycles. The topological polar surface area (TPSA) is 29.5 Å².